The van der Waals surface area contributed by atoms with Crippen LogP contribution in [0.4, 0.5) is 0 Å². The predicted molar refractivity (Wildman–Crippen MR) is 77.0 cm³/mol. The van der Waals surface area contributed by atoms with Gasteiger partial charge < -0.3 is 0 Å². The van der Waals surface area contributed by atoms with Gasteiger partial charge in [0.1, 0.15) is 5.02 Å². The Hall–Kier alpha value is -1.45. The summed E-state index contributed by atoms with van der Waals surface area (Å²) in [5.74, 6) is 0. The number of hydrogen-bond acceptors (Lipinski definition) is 3. The molecule has 1 aromatic carbocycles. The highest BCUT2D eigenvalue weighted by atomic mass is 35.5. The van der Waals surface area contributed by atoms with E-state index in [0.29, 0.717) is 0 Å². The second kappa shape index (κ2) is 4.04. The number of halogens is 1. The molecule has 90 valence electrons. The number of fused-ring (bicyclic) bond motifs is 2. The summed E-state index contributed by atoms with van der Waals surface area (Å²) in [6.07, 6.45) is 0. The molecule has 0 N–H and O–H groups in total. The van der Waals surface area contributed by atoms with Crippen molar-refractivity contribution < 1.29 is 0 Å². The Balaban J connectivity index is 2.53. The second-order valence-electron chi connectivity index (χ2n) is 4.37. The Morgan fingerprint density at radius 1 is 1.22 bits per heavy atom. The summed E-state index contributed by atoms with van der Waals surface area (Å²) in [4.78, 5) is 17.1. The van der Waals surface area contributed by atoms with Gasteiger partial charge in [-0.25, -0.2) is 4.98 Å². The molecule has 4 heteroatoms. The Bertz CT molecular complexity index is 794. The van der Waals surface area contributed by atoms with E-state index in [-0.39, 0.29) is 10.5 Å². The zero-order valence-electron chi connectivity index (χ0n) is 9.95. The Labute approximate surface area is 113 Å². The quantitative estimate of drug-likeness (QED) is 0.580. The van der Waals surface area contributed by atoms with Crippen LogP contribution < -0.4 is 5.43 Å². The Morgan fingerprint density at radius 2 is 2.00 bits per heavy atom. The minimum Gasteiger partial charge on any atom is -0.288 e. The molecule has 0 atom stereocenters. The highest BCUT2D eigenvalue weighted by Gasteiger charge is 2.16. The van der Waals surface area contributed by atoms with Gasteiger partial charge in [-0.05, 0) is 43.2 Å². The maximum absolute atomic E-state index is 11.7. The number of rotatable bonds is 0. The highest BCUT2D eigenvalue weighted by Crippen LogP contribution is 2.36. The molecule has 0 spiro atoms. The number of nitrogens with zero attached hydrogens (tertiary/aromatic N) is 1. The molecule has 1 heterocycles. The van der Waals surface area contributed by atoms with Crippen molar-refractivity contribution >= 4 is 33.2 Å². The molecule has 1 aromatic rings. The van der Waals surface area contributed by atoms with Crippen molar-refractivity contribution in [2.75, 3.05) is 0 Å². The Morgan fingerprint density at radius 3 is 2.78 bits per heavy atom. The summed E-state index contributed by atoms with van der Waals surface area (Å²) in [6.45, 7) is 3.92. The van der Waals surface area contributed by atoms with Gasteiger partial charge in [-0.3, -0.25) is 4.79 Å². The van der Waals surface area contributed by atoms with Crippen LogP contribution in [0.1, 0.15) is 11.1 Å². The van der Waals surface area contributed by atoms with E-state index in [4.69, 9.17) is 11.6 Å². The van der Waals surface area contributed by atoms with Gasteiger partial charge in [-0.15, -0.1) is 11.3 Å². The molecule has 3 rings (SSSR count). The smallest absolute Gasteiger partial charge is 0.199 e. The zero-order valence-corrected chi connectivity index (χ0v) is 11.5. The molecule has 1 aliphatic carbocycles. The molecular formula is C14H10ClNOS. The number of aryl methyl sites for hydroxylation is 2. The topological polar surface area (TPSA) is 30.0 Å². The van der Waals surface area contributed by atoms with Gasteiger partial charge in [-0.1, -0.05) is 17.7 Å². The number of benzene rings is 2. The molecule has 0 radical (unpaired) electrons. The molecule has 0 saturated heterocycles. The van der Waals surface area contributed by atoms with E-state index in [1.54, 1.807) is 6.07 Å². The molecule has 18 heavy (non-hydrogen) atoms. The first-order valence-electron chi connectivity index (χ1n) is 5.56. The summed E-state index contributed by atoms with van der Waals surface area (Å²) in [6, 6.07) is 7.64. The van der Waals surface area contributed by atoms with Gasteiger partial charge >= 0.3 is 0 Å². The zero-order chi connectivity index (χ0) is 12.9. The first-order chi connectivity index (χ1) is 8.56. The fourth-order valence-electron chi connectivity index (χ4n) is 1.98. The van der Waals surface area contributed by atoms with Crippen molar-refractivity contribution in [1.29, 1.82) is 0 Å². The standard InChI is InChI=1S/C14H10ClNOS/c1-7-3-4-9-11(5-7)18-14-12(15)10(17)6-8(2)13(14)16-9/h3-6H,1-2H3. The molecule has 0 amide bonds. The molecular weight excluding hydrogens is 266 g/mol. The maximum Gasteiger partial charge on any atom is 0.199 e. The van der Waals surface area contributed by atoms with Gasteiger partial charge in [0.25, 0.3) is 0 Å². The van der Waals surface area contributed by atoms with Crippen molar-refractivity contribution in [3.63, 3.8) is 0 Å². The summed E-state index contributed by atoms with van der Waals surface area (Å²) >= 11 is 7.62. The number of hydrogen-bond donors (Lipinski definition) is 0. The van der Waals surface area contributed by atoms with Crippen LogP contribution in [0.25, 0.3) is 20.8 Å². The maximum atomic E-state index is 11.7. The summed E-state index contributed by atoms with van der Waals surface area (Å²) in [7, 11) is 0. The Kier molecular flexibility index (Phi) is 2.61. The lowest BCUT2D eigenvalue weighted by molar-refractivity contribution is 1.32. The monoisotopic (exact) mass is 275 g/mol. The van der Waals surface area contributed by atoms with Crippen molar-refractivity contribution in [2.24, 2.45) is 0 Å². The lowest BCUT2D eigenvalue weighted by Gasteiger charge is -2.10. The average Bonchev–Trinajstić information content (AvgIpc) is 2.34. The predicted octanol–water partition coefficient (Wildman–Crippen LogP) is 4.03. The third-order valence-corrected chi connectivity index (χ3v) is 4.55. The van der Waals surface area contributed by atoms with Crippen LogP contribution in [0.2, 0.25) is 5.02 Å². The van der Waals surface area contributed by atoms with E-state index in [1.165, 1.54) is 16.9 Å². The summed E-state index contributed by atoms with van der Waals surface area (Å²) < 4.78 is 1.05. The highest BCUT2D eigenvalue weighted by molar-refractivity contribution is 7.22. The van der Waals surface area contributed by atoms with Gasteiger partial charge in [0.05, 0.1) is 20.8 Å². The third-order valence-electron chi connectivity index (χ3n) is 2.91. The summed E-state index contributed by atoms with van der Waals surface area (Å²) in [5, 5.41) is 0.275. The molecule has 0 fully saturated rings. The van der Waals surface area contributed by atoms with E-state index in [1.807, 2.05) is 26.0 Å². The van der Waals surface area contributed by atoms with E-state index >= 15 is 0 Å². The lowest BCUT2D eigenvalue weighted by atomic mass is 10.1. The molecule has 0 saturated carbocycles. The van der Waals surface area contributed by atoms with Crippen LogP contribution in [0.5, 0.6) is 0 Å². The van der Waals surface area contributed by atoms with Crippen LogP contribution in [-0.2, 0) is 0 Å². The van der Waals surface area contributed by atoms with E-state index in [0.717, 1.165) is 26.4 Å². The van der Waals surface area contributed by atoms with E-state index in [2.05, 4.69) is 11.1 Å². The van der Waals surface area contributed by atoms with Crippen molar-refractivity contribution in [3.05, 3.63) is 50.6 Å². The lowest BCUT2D eigenvalue weighted by Crippen LogP contribution is -2.05. The third kappa shape index (κ3) is 1.71. The minimum atomic E-state index is -0.133. The van der Waals surface area contributed by atoms with Gasteiger partial charge in [-0.2, -0.15) is 0 Å². The molecule has 0 aromatic heterocycles. The van der Waals surface area contributed by atoms with Crippen LogP contribution in [-0.4, -0.2) is 4.98 Å². The number of aromatic nitrogens is 1. The van der Waals surface area contributed by atoms with Crippen molar-refractivity contribution in [1.82, 2.24) is 4.98 Å². The van der Waals surface area contributed by atoms with E-state index < -0.39 is 0 Å². The first kappa shape index (κ1) is 11.6. The van der Waals surface area contributed by atoms with Crippen LogP contribution in [0, 0.1) is 13.8 Å². The average molecular weight is 276 g/mol. The van der Waals surface area contributed by atoms with Crippen molar-refractivity contribution in [3.8, 4) is 10.6 Å². The SMILES string of the molecule is Cc1ccc2nc3c(C)cc(=O)c(Cl)c-3sc2c1. The van der Waals surface area contributed by atoms with Gasteiger partial charge in [0.2, 0.25) is 0 Å². The minimum absolute atomic E-state index is 0.133. The van der Waals surface area contributed by atoms with Crippen LogP contribution in [0.15, 0.2) is 29.1 Å². The second-order valence-corrected chi connectivity index (χ2v) is 5.80. The molecule has 0 unspecified atom stereocenters. The molecule has 2 nitrogen and oxygen atoms in total. The molecule has 1 aliphatic heterocycles. The van der Waals surface area contributed by atoms with Gasteiger partial charge in [0.15, 0.2) is 5.43 Å². The summed E-state index contributed by atoms with van der Waals surface area (Å²) in [5.41, 5.74) is 3.67. The fraction of sp³-hybridized carbons (Fsp3) is 0.143. The fourth-order valence-corrected chi connectivity index (χ4v) is 3.42. The van der Waals surface area contributed by atoms with Gasteiger partial charge in [0, 0.05) is 0 Å². The molecule has 2 aliphatic rings. The first-order valence-corrected chi connectivity index (χ1v) is 6.76. The van der Waals surface area contributed by atoms with Crippen LogP contribution >= 0.6 is 22.9 Å². The van der Waals surface area contributed by atoms with E-state index in [9.17, 15) is 4.79 Å². The molecule has 0 bridgehead atoms. The largest absolute Gasteiger partial charge is 0.288 e. The normalized spacial score (nSPS) is 11.3. The van der Waals surface area contributed by atoms with Crippen molar-refractivity contribution in [2.45, 2.75) is 13.8 Å². The van der Waals surface area contributed by atoms with Crippen LogP contribution in [0.3, 0.4) is 0 Å².